The molecule has 0 amide bonds. The molecule has 0 radical (unpaired) electrons. The summed E-state index contributed by atoms with van der Waals surface area (Å²) in [7, 11) is 1.60. The Labute approximate surface area is 182 Å². The molecule has 2 aromatic heterocycles. The first-order valence-electron chi connectivity index (χ1n) is 11.2. The molecule has 0 bridgehead atoms. The highest BCUT2D eigenvalue weighted by molar-refractivity contribution is 5.80. The first-order valence-corrected chi connectivity index (χ1v) is 11.2. The lowest BCUT2D eigenvalue weighted by molar-refractivity contribution is 0.549. The summed E-state index contributed by atoms with van der Waals surface area (Å²) in [4.78, 5) is 31.4. The average molecular weight is 425 g/mol. The molecular formula is C23H32N6O2. The van der Waals surface area contributed by atoms with E-state index in [1.807, 2.05) is 34.9 Å². The molecule has 0 aliphatic heterocycles. The largest absolute Gasteiger partial charge is 0.329 e. The van der Waals surface area contributed by atoms with Crippen LogP contribution in [0.2, 0.25) is 0 Å². The minimum Gasteiger partial charge on any atom is -0.303 e. The average Bonchev–Trinajstić information content (AvgIpc) is 3.14. The van der Waals surface area contributed by atoms with E-state index >= 15 is 0 Å². The number of nitrogens with zero attached hydrogens (tertiary/aromatic N) is 4. The number of hydrogen-bond acceptors (Lipinski definition) is 5. The minimum atomic E-state index is -0.478. The lowest BCUT2D eigenvalue weighted by Crippen LogP contribution is -2.29. The van der Waals surface area contributed by atoms with Crippen molar-refractivity contribution >= 4 is 23.3 Å². The molecule has 1 aromatic carbocycles. The van der Waals surface area contributed by atoms with Gasteiger partial charge in [-0.3, -0.25) is 14.3 Å². The zero-order valence-corrected chi connectivity index (χ0v) is 18.4. The molecule has 0 aliphatic carbocycles. The van der Waals surface area contributed by atoms with E-state index in [4.69, 9.17) is 0 Å². The summed E-state index contributed by atoms with van der Waals surface area (Å²) >= 11 is 0. The van der Waals surface area contributed by atoms with Gasteiger partial charge in [-0.05, 0) is 12.0 Å². The molecule has 0 aliphatic rings. The number of nitrogens with one attached hydrogen (secondary N) is 2. The normalized spacial score (nSPS) is 11.5. The van der Waals surface area contributed by atoms with Crippen molar-refractivity contribution in [1.82, 2.24) is 19.1 Å². The number of rotatable bonds is 12. The Balaban J connectivity index is 1.74. The molecule has 166 valence electrons. The van der Waals surface area contributed by atoms with Crippen LogP contribution < -0.4 is 16.7 Å². The molecule has 2 N–H and O–H groups in total. The summed E-state index contributed by atoms with van der Waals surface area (Å²) in [5.41, 5.74) is 3.74. The number of H-pyrrole nitrogens is 1. The van der Waals surface area contributed by atoms with Gasteiger partial charge >= 0.3 is 5.69 Å². The Kier molecular flexibility index (Phi) is 8.20. The van der Waals surface area contributed by atoms with Crippen LogP contribution >= 0.6 is 0 Å². The predicted molar refractivity (Wildman–Crippen MR) is 126 cm³/mol. The fraction of sp³-hybridized carbons (Fsp3) is 0.478. The quantitative estimate of drug-likeness (QED) is 0.261. The molecule has 0 saturated carbocycles. The highest BCUT2D eigenvalue weighted by Crippen LogP contribution is 2.17. The lowest BCUT2D eigenvalue weighted by Gasteiger charge is -2.08. The Morgan fingerprint density at radius 3 is 2.42 bits per heavy atom. The van der Waals surface area contributed by atoms with Gasteiger partial charge in [-0.2, -0.15) is 10.1 Å². The lowest BCUT2D eigenvalue weighted by atomic mass is 10.1. The van der Waals surface area contributed by atoms with Gasteiger partial charge in [-0.25, -0.2) is 10.2 Å². The molecule has 31 heavy (non-hydrogen) atoms. The van der Waals surface area contributed by atoms with Crippen molar-refractivity contribution in [2.45, 2.75) is 64.8 Å². The molecular weight excluding hydrogens is 392 g/mol. The van der Waals surface area contributed by atoms with Gasteiger partial charge in [0.05, 0.1) is 6.21 Å². The number of aromatic nitrogens is 4. The summed E-state index contributed by atoms with van der Waals surface area (Å²) in [6.07, 6.45) is 11.3. The number of imidazole rings is 1. The summed E-state index contributed by atoms with van der Waals surface area (Å²) in [5.74, 6) is 0.455. The van der Waals surface area contributed by atoms with Crippen LogP contribution in [0.3, 0.4) is 0 Å². The van der Waals surface area contributed by atoms with Gasteiger partial charge in [0.1, 0.15) is 0 Å². The summed E-state index contributed by atoms with van der Waals surface area (Å²) < 4.78 is 3.18. The van der Waals surface area contributed by atoms with Crippen molar-refractivity contribution in [2.24, 2.45) is 12.1 Å². The van der Waals surface area contributed by atoms with E-state index in [0.717, 1.165) is 18.4 Å². The number of aromatic amines is 1. The molecule has 8 heteroatoms. The summed E-state index contributed by atoms with van der Waals surface area (Å²) in [6.45, 7) is 2.86. The van der Waals surface area contributed by atoms with Crippen molar-refractivity contribution in [3.8, 4) is 0 Å². The first-order chi connectivity index (χ1) is 15.1. The van der Waals surface area contributed by atoms with Crippen LogP contribution in [-0.2, 0) is 13.6 Å². The fourth-order valence-electron chi connectivity index (χ4n) is 3.65. The smallest absolute Gasteiger partial charge is 0.303 e. The second-order valence-corrected chi connectivity index (χ2v) is 7.83. The van der Waals surface area contributed by atoms with Crippen LogP contribution in [0.25, 0.3) is 11.2 Å². The number of benzene rings is 1. The maximum Gasteiger partial charge on any atom is 0.329 e. The topological polar surface area (TPSA) is 97.1 Å². The number of unbranched alkanes of at least 4 members (excludes halogenated alkanes) is 7. The zero-order valence-electron chi connectivity index (χ0n) is 18.4. The molecule has 3 aromatic rings. The number of hydrogen-bond donors (Lipinski definition) is 2. The van der Waals surface area contributed by atoms with Crippen molar-refractivity contribution in [3.05, 3.63) is 56.7 Å². The molecule has 0 unspecified atom stereocenters. The van der Waals surface area contributed by atoms with Crippen LogP contribution in [0.5, 0.6) is 0 Å². The van der Waals surface area contributed by atoms with E-state index in [-0.39, 0.29) is 0 Å². The zero-order chi connectivity index (χ0) is 22.1. The van der Waals surface area contributed by atoms with Gasteiger partial charge < -0.3 is 4.57 Å². The minimum absolute atomic E-state index is 0.353. The molecule has 0 fully saturated rings. The Hall–Kier alpha value is -3.16. The monoisotopic (exact) mass is 424 g/mol. The molecule has 0 atom stereocenters. The van der Waals surface area contributed by atoms with Crippen molar-refractivity contribution in [1.29, 1.82) is 0 Å². The van der Waals surface area contributed by atoms with Crippen molar-refractivity contribution in [2.75, 3.05) is 5.43 Å². The second-order valence-electron chi connectivity index (χ2n) is 7.83. The van der Waals surface area contributed by atoms with Gasteiger partial charge in [0, 0.05) is 13.6 Å². The first kappa shape index (κ1) is 22.5. The van der Waals surface area contributed by atoms with Gasteiger partial charge in [0.25, 0.3) is 5.56 Å². The van der Waals surface area contributed by atoms with E-state index in [1.165, 1.54) is 43.1 Å². The molecule has 8 nitrogen and oxygen atoms in total. The highest BCUT2D eigenvalue weighted by atomic mass is 16.2. The predicted octanol–water partition coefficient (Wildman–Crippen LogP) is 4.01. The van der Waals surface area contributed by atoms with E-state index in [0.29, 0.717) is 23.7 Å². The second kappa shape index (κ2) is 11.3. The standard InChI is InChI=1S/C23H32N6O2/c1-3-4-5-6-7-8-9-13-16-29-19-20(28(2)23(31)26-21(19)30)25-22(29)27-24-17-18-14-11-10-12-15-18/h10-12,14-15,17H,3-9,13,16H2,1-2H3,(H,25,27)(H,26,30,31)/b24-17+. The van der Waals surface area contributed by atoms with E-state index in [2.05, 4.69) is 27.4 Å². The van der Waals surface area contributed by atoms with E-state index in [9.17, 15) is 9.59 Å². The Morgan fingerprint density at radius 2 is 1.71 bits per heavy atom. The number of anilines is 1. The molecule has 2 heterocycles. The van der Waals surface area contributed by atoms with Crippen LogP contribution in [0, 0.1) is 0 Å². The van der Waals surface area contributed by atoms with Crippen LogP contribution in [0.1, 0.15) is 63.9 Å². The van der Waals surface area contributed by atoms with Crippen LogP contribution in [0.4, 0.5) is 5.95 Å². The van der Waals surface area contributed by atoms with Gasteiger partial charge in [0.15, 0.2) is 11.2 Å². The van der Waals surface area contributed by atoms with Gasteiger partial charge in [-0.1, -0.05) is 82.2 Å². The number of fused-ring (bicyclic) bond motifs is 1. The van der Waals surface area contributed by atoms with Crippen molar-refractivity contribution in [3.63, 3.8) is 0 Å². The van der Waals surface area contributed by atoms with Gasteiger partial charge in [-0.15, -0.1) is 0 Å². The maximum absolute atomic E-state index is 12.5. The maximum atomic E-state index is 12.5. The Bertz CT molecular complexity index is 1110. The van der Waals surface area contributed by atoms with Crippen LogP contribution in [0.15, 0.2) is 45.0 Å². The summed E-state index contributed by atoms with van der Waals surface area (Å²) in [5, 5.41) is 4.28. The molecule has 3 rings (SSSR count). The van der Waals surface area contributed by atoms with E-state index < -0.39 is 11.2 Å². The third kappa shape index (κ3) is 5.93. The number of aryl methyl sites for hydroxylation is 2. The molecule has 0 saturated heterocycles. The molecule has 0 spiro atoms. The number of hydrazone groups is 1. The van der Waals surface area contributed by atoms with Gasteiger partial charge in [0.2, 0.25) is 5.95 Å². The van der Waals surface area contributed by atoms with Crippen LogP contribution in [-0.4, -0.2) is 25.3 Å². The SMILES string of the molecule is CCCCCCCCCCn1c(N/N=C/c2ccccc2)nc2c1c(=O)[nH]c(=O)n2C. The highest BCUT2D eigenvalue weighted by Gasteiger charge is 2.16. The Morgan fingerprint density at radius 1 is 1.03 bits per heavy atom. The van der Waals surface area contributed by atoms with Crippen molar-refractivity contribution < 1.29 is 0 Å². The fourth-order valence-corrected chi connectivity index (χ4v) is 3.65. The third-order valence-electron chi connectivity index (χ3n) is 5.42. The third-order valence-corrected chi connectivity index (χ3v) is 5.42. The van der Waals surface area contributed by atoms with E-state index in [1.54, 1.807) is 13.3 Å². The summed E-state index contributed by atoms with van der Waals surface area (Å²) in [6, 6.07) is 9.72.